The monoisotopic (exact) mass is 2040 g/mol. The third-order valence-corrected chi connectivity index (χ3v) is 24.3. The predicted octanol–water partition coefficient (Wildman–Crippen LogP) is -2.66. The van der Waals surface area contributed by atoms with E-state index in [-0.39, 0.29) is 135 Å². The van der Waals surface area contributed by atoms with E-state index >= 15 is 24.0 Å². The Kier molecular flexibility index (Phi) is 58.1. The highest BCUT2D eigenvalue weighted by atomic mass is 16.5. The van der Waals surface area contributed by atoms with Gasteiger partial charge in [0.2, 0.25) is 94.5 Å². The summed E-state index contributed by atoms with van der Waals surface area (Å²) in [5.74, 6) is -18.8. The fraction of sp³-hybridized carbons (Fsp3) is 0.639. The number of hydrogen-bond acceptors (Lipinski definition) is 27. The summed E-state index contributed by atoms with van der Waals surface area (Å²) in [6, 6.07) is -2.86. The molecule has 0 spiro atoms. The second-order valence-corrected chi connectivity index (χ2v) is 36.4. The van der Waals surface area contributed by atoms with Crippen molar-refractivity contribution in [2.45, 2.75) is 305 Å². The van der Waals surface area contributed by atoms with Crippen LogP contribution in [-0.4, -0.2) is 329 Å². The summed E-state index contributed by atoms with van der Waals surface area (Å²) in [5, 5.41) is 95.2. The number of aliphatic hydroxyl groups excluding tert-OH is 3. The summed E-state index contributed by atoms with van der Waals surface area (Å²) < 4.78 is 10.8. The van der Waals surface area contributed by atoms with Gasteiger partial charge in [0.15, 0.2) is 5.96 Å². The van der Waals surface area contributed by atoms with E-state index in [1.165, 1.54) is 25.7 Å². The highest BCUT2D eigenvalue weighted by Crippen LogP contribution is 2.25. The molecule has 48 nitrogen and oxygen atoms in total. The number of benzene rings is 2. The average molecular weight is 2040 g/mol. The molecule has 0 aliphatic carbocycles. The van der Waals surface area contributed by atoms with Crippen LogP contribution in [0.3, 0.4) is 0 Å². The number of aliphatic carboxylic acids is 2. The molecule has 0 radical (unpaired) electrons. The lowest BCUT2D eigenvalue weighted by Crippen LogP contribution is -2.61. The number of unbranched alkanes of at least 4 members (excludes halogenated alkanes) is 13. The van der Waals surface area contributed by atoms with Crippen molar-refractivity contribution in [2.24, 2.45) is 17.2 Å². The Bertz CT molecular complexity index is 4700. The SMILES string of the molecule is CCCC[C@H](NC(=O)[C@H](CCCCNC(=O)CN(CC(=O)O)CC(=O)O)NC(=O)[C@H](CO)NC(=O)[C@H](CCC(N)=O)NC(=O)[C@H](CO)NC(=O)CNC(=O)COCCOCCNC(=O)CCCCCCCCCCCCCCC(C)=O)C(=O)N[C@H]1CCC(=O)CCCCC[C@@H](C(N)=O)NC(=O)[C@H](Cc2c[nH]c3ccccc23)NC(=O)[C@H](CCCNC(=N)N)NC(=O)[C@@H](Cc2ccccc2)NC(=O)[C@@H]2C[C@@H](O)CN2C1=O. The summed E-state index contributed by atoms with van der Waals surface area (Å²) in [5.41, 5.74) is 18.7. The van der Waals surface area contributed by atoms with Crippen molar-refractivity contribution in [3.8, 4) is 0 Å². The van der Waals surface area contributed by atoms with Gasteiger partial charge in [-0.3, -0.25) is 101 Å². The van der Waals surface area contributed by atoms with Gasteiger partial charge in [0.1, 0.15) is 84.6 Å². The predicted molar refractivity (Wildman–Crippen MR) is 527 cm³/mol. The number of aliphatic hydroxyl groups is 3. The average Bonchev–Trinajstić information content (AvgIpc) is 1.64. The van der Waals surface area contributed by atoms with Crippen molar-refractivity contribution >= 4 is 135 Å². The molecule has 0 unspecified atom stereocenters. The third-order valence-electron chi connectivity index (χ3n) is 24.3. The Balaban J connectivity index is 1.33. The maximum absolute atomic E-state index is 15.5. The Morgan fingerprint density at radius 2 is 1.06 bits per heavy atom. The van der Waals surface area contributed by atoms with Gasteiger partial charge in [0, 0.05) is 94.6 Å². The number of rotatable bonds is 64. The quantitative estimate of drug-likeness (QED) is 0.0156. The van der Waals surface area contributed by atoms with Gasteiger partial charge in [-0.25, -0.2) is 0 Å². The first-order valence-electron chi connectivity index (χ1n) is 50.0. The number of aromatic amines is 1. The molecule has 3 aromatic rings. The number of ketones is 2. The Morgan fingerprint density at radius 1 is 0.510 bits per heavy atom. The second kappa shape index (κ2) is 68.9. The van der Waals surface area contributed by atoms with E-state index in [4.69, 9.17) is 32.1 Å². The number of nitrogens with two attached hydrogens (primary N) is 3. The molecule has 27 N–H and O–H groups in total. The number of nitrogens with zero attached hydrogens (tertiary/aromatic N) is 2. The van der Waals surface area contributed by atoms with Crippen molar-refractivity contribution < 1.29 is 131 Å². The molecule has 145 heavy (non-hydrogen) atoms. The minimum Gasteiger partial charge on any atom is -0.480 e. The molecular weight excluding hydrogens is 1890 g/mol. The number of Topliss-reactive ketones (excluding diaryl/α,β-unsaturated/α-hetero) is 2. The van der Waals surface area contributed by atoms with Crippen molar-refractivity contribution in [2.75, 3.05) is 92.0 Å². The largest absolute Gasteiger partial charge is 0.480 e. The first kappa shape index (κ1) is 122. The van der Waals surface area contributed by atoms with E-state index in [2.05, 4.69) is 79.4 Å². The molecule has 2 fully saturated rings. The standard InChI is InChI=1S/C97H151N21O27/c1-3-4-33-69(88(135)113-73-40-39-64(122)31-20-16-21-35-68(86(99)133)108-92(139)75(50-63-52-105-67-34-24-23-32-66(63)67)114-89(136)71(37-27-44-104-97(100)101)110-91(138)74(49-62-29-18-15-19-30-62)115-95(142)78-51-65(123)54-118(78)96(73)143)109-87(134)70(36-25-26-43-102-82(127)55-117(56-84(129)130)57-85(131)132)111-94(141)77(59-120)116-90(137)72(41-42-79(98)124)112-93(140)76(58-119)107-81(126)53-106-83(128)60-145-48-47-144-46-45-103-80(125)38-22-14-12-10-8-6-5-7-9-11-13-17-28-61(2)121/h15,18-19,23-24,29-30,32,34,52,65,68-78,105,119-120,123H,3-14,16-17,20-22,25-28,31,33,35-51,53-60H2,1-2H3,(H2,98,124)(H2,99,133)(H,102,127)(H,103,125)(H,106,128)(H,107,126)(H,108,139)(H,109,134)(H,110,138)(H,111,141)(H,112,140)(H,113,135)(H,114,136)(H,115,142)(H,116,137)(H,129,130)(H,131,132)(H4,100,101,104)/t65-,68+,69+,70+,71+,72+,73+,74-,75+,76+,77+,78+/m1/s1. The fourth-order valence-electron chi connectivity index (χ4n) is 16.4. The van der Waals surface area contributed by atoms with Gasteiger partial charge in [0.05, 0.1) is 65.3 Å². The van der Waals surface area contributed by atoms with Crippen LogP contribution in [0.2, 0.25) is 0 Å². The van der Waals surface area contributed by atoms with Gasteiger partial charge in [-0.1, -0.05) is 145 Å². The zero-order valence-corrected chi connectivity index (χ0v) is 83.0. The summed E-state index contributed by atoms with van der Waals surface area (Å²) in [4.78, 5) is 278. The zero-order chi connectivity index (χ0) is 107. The minimum atomic E-state index is -2.04. The number of amides is 16. The number of para-hydroxylation sites is 1. The number of carboxylic acids is 2. The zero-order valence-electron chi connectivity index (χ0n) is 83.0. The lowest BCUT2D eigenvalue weighted by Gasteiger charge is -2.31. The van der Waals surface area contributed by atoms with Gasteiger partial charge in [0.25, 0.3) is 0 Å². The Labute approximate surface area is 842 Å². The number of carbonyl (C=O) groups is 20. The van der Waals surface area contributed by atoms with Gasteiger partial charge < -0.3 is 141 Å². The number of primary amides is 2. The Hall–Kier alpha value is -13.2. The van der Waals surface area contributed by atoms with Crippen LogP contribution in [0.4, 0.5) is 0 Å². The normalized spacial score (nSPS) is 18.3. The highest BCUT2D eigenvalue weighted by molar-refractivity contribution is 6.01. The highest BCUT2D eigenvalue weighted by Gasteiger charge is 2.44. The number of guanidine groups is 1. The molecular formula is C97H151N21O27. The van der Waals surface area contributed by atoms with E-state index in [0.717, 1.165) is 61.2 Å². The molecule has 12 atom stereocenters. The van der Waals surface area contributed by atoms with E-state index < -0.39 is 276 Å². The van der Waals surface area contributed by atoms with Crippen molar-refractivity contribution in [3.05, 3.63) is 71.9 Å². The van der Waals surface area contributed by atoms with Crippen LogP contribution in [0.25, 0.3) is 10.9 Å². The van der Waals surface area contributed by atoms with Gasteiger partial charge in [-0.15, -0.1) is 0 Å². The van der Waals surface area contributed by atoms with Crippen LogP contribution in [0.15, 0.2) is 60.8 Å². The molecule has 3 heterocycles. The molecule has 48 heteroatoms. The fourth-order valence-corrected chi connectivity index (χ4v) is 16.4. The number of ether oxygens (including phenoxy) is 2. The topological polar surface area (TPSA) is 754 Å². The molecule has 16 amide bonds. The van der Waals surface area contributed by atoms with Crippen LogP contribution in [0.5, 0.6) is 0 Å². The van der Waals surface area contributed by atoms with E-state index in [1.807, 2.05) is 0 Å². The molecule has 1 aromatic heterocycles. The maximum Gasteiger partial charge on any atom is 0.317 e. The van der Waals surface area contributed by atoms with Crippen molar-refractivity contribution in [1.29, 1.82) is 5.41 Å². The smallest absolute Gasteiger partial charge is 0.317 e. The van der Waals surface area contributed by atoms with Gasteiger partial charge in [-0.2, -0.15) is 0 Å². The lowest BCUT2D eigenvalue weighted by atomic mass is 9.99. The van der Waals surface area contributed by atoms with Crippen molar-refractivity contribution in [1.82, 2.24) is 89.2 Å². The number of nitrogens with one attached hydrogen (secondary N) is 16. The molecule has 806 valence electrons. The van der Waals surface area contributed by atoms with Crippen LogP contribution >= 0.6 is 0 Å². The van der Waals surface area contributed by atoms with Crippen LogP contribution < -0.4 is 91.6 Å². The molecule has 0 bridgehead atoms. The Morgan fingerprint density at radius 3 is 1.68 bits per heavy atom. The minimum absolute atomic E-state index is 0.0250. The lowest BCUT2D eigenvalue weighted by molar-refractivity contribution is -0.143. The number of fused-ring (bicyclic) bond motifs is 2. The molecule has 2 aliphatic heterocycles. The van der Waals surface area contributed by atoms with E-state index in [1.54, 1.807) is 74.6 Å². The number of hydrogen-bond donors (Lipinski definition) is 24. The molecule has 5 rings (SSSR count). The molecule has 2 saturated heterocycles. The molecule has 2 aromatic carbocycles. The summed E-state index contributed by atoms with van der Waals surface area (Å²) >= 11 is 0. The molecule has 0 saturated carbocycles. The van der Waals surface area contributed by atoms with Crippen LogP contribution in [0, 0.1) is 5.41 Å². The van der Waals surface area contributed by atoms with E-state index in [9.17, 15) is 97.5 Å². The maximum atomic E-state index is 15.5. The summed E-state index contributed by atoms with van der Waals surface area (Å²) in [7, 11) is 0. The number of carbonyl (C=O) groups excluding carboxylic acids is 18. The first-order chi connectivity index (χ1) is 69.4. The van der Waals surface area contributed by atoms with Crippen LogP contribution in [0.1, 0.15) is 230 Å². The van der Waals surface area contributed by atoms with Crippen LogP contribution in [-0.2, 0) is 118 Å². The van der Waals surface area contributed by atoms with Crippen molar-refractivity contribution in [3.63, 3.8) is 0 Å². The first-order valence-corrected chi connectivity index (χ1v) is 50.0. The summed E-state index contributed by atoms with van der Waals surface area (Å²) in [6.45, 7) is -2.91. The number of carboxylic acid groups (broad SMARTS) is 2. The van der Waals surface area contributed by atoms with Gasteiger partial charge in [-0.05, 0) is 101 Å². The number of H-pyrrole nitrogens is 1. The van der Waals surface area contributed by atoms with Gasteiger partial charge >= 0.3 is 11.9 Å². The molecule has 2 aliphatic rings. The number of aromatic nitrogens is 1. The third kappa shape index (κ3) is 49.8. The summed E-state index contributed by atoms with van der Waals surface area (Å²) in [6.07, 6.45) is 11.6. The second-order valence-electron chi connectivity index (χ2n) is 36.4. The van der Waals surface area contributed by atoms with E-state index in [0.29, 0.717) is 41.3 Å².